The first-order valence-corrected chi connectivity index (χ1v) is 6.90. The summed E-state index contributed by atoms with van der Waals surface area (Å²) in [5, 5.41) is 10.3. The molecule has 2 aromatic heterocycles. The molecule has 0 fully saturated rings. The van der Waals surface area contributed by atoms with Gasteiger partial charge in [0.1, 0.15) is 11.7 Å². The predicted octanol–water partition coefficient (Wildman–Crippen LogP) is 3.77. The molecule has 0 unspecified atom stereocenters. The van der Waals surface area contributed by atoms with E-state index in [9.17, 15) is 4.39 Å². The van der Waals surface area contributed by atoms with Crippen LogP contribution in [0.1, 0.15) is 5.56 Å². The Morgan fingerprint density at radius 3 is 2.91 bits per heavy atom. The molecule has 0 radical (unpaired) electrons. The van der Waals surface area contributed by atoms with Crippen LogP contribution in [0.4, 0.5) is 15.9 Å². The number of nitrogens with one attached hydrogen (secondary N) is 2. The Kier molecular flexibility index (Phi) is 2.90. The van der Waals surface area contributed by atoms with Crippen molar-refractivity contribution in [2.75, 3.05) is 5.32 Å². The van der Waals surface area contributed by atoms with E-state index in [1.807, 2.05) is 6.07 Å². The molecule has 1 aliphatic heterocycles. The third-order valence-electron chi connectivity index (χ3n) is 3.37. The molecule has 0 atom stereocenters. The average molecular weight is 314 g/mol. The fourth-order valence-corrected chi connectivity index (χ4v) is 2.62. The van der Waals surface area contributed by atoms with E-state index >= 15 is 0 Å². The lowest BCUT2D eigenvalue weighted by Gasteiger charge is -2.09. The standard InChI is InChI=1S/C15H9ClFN5/c16-9-4-1-5-10(17)12(9)15-20-11-7-19-22-13(11)8-3-2-6-18-14(8)21-15/h1-7H,(H,19,22)(H,18,20,21). The Bertz CT molecular complexity index is 882. The summed E-state index contributed by atoms with van der Waals surface area (Å²) in [7, 11) is 0. The third-order valence-corrected chi connectivity index (χ3v) is 3.68. The first kappa shape index (κ1) is 13.0. The van der Waals surface area contributed by atoms with Crippen LogP contribution in [-0.2, 0) is 0 Å². The largest absolute Gasteiger partial charge is 0.336 e. The van der Waals surface area contributed by atoms with Gasteiger partial charge in [-0.15, -0.1) is 0 Å². The Morgan fingerprint density at radius 2 is 2.05 bits per heavy atom. The monoisotopic (exact) mass is 313 g/mol. The van der Waals surface area contributed by atoms with Gasteiger partial charge in [0.05, 0.1) is 28.2 Å². The Labute approximate surface area is 129 Å². The van der Waals surface area contributed by atoms with E-state index in [1.54, 1.807) is 30.6 Å². The zero-order valence-corrected chi connectivity index (χ0v) is 11.9. The highest BCUT2D eigenvalue weighted by Crippen LogP contribution is 2.36. The van der Waals surface area contributed by atoms with E-state index in [0.717, 1.165) is 11.3 Å². The van der Waals surface area contributed by atoms with E-state index in [0.29, 0.717) is 17.3 Å². The molecule has 22 heavy (non-hydrogen) atoms. The summed E-state index contributed by atoms with van der Waals surface area (Å²) in [4.78, 5) is 8.69. The van der Waals surface area contributed by atoms with Gasteiger partial charge in [-0.05, 0) is 24.3 Å². The number of nitrogens with zero attached hydrogens (tertiary/aromatic N) is 3. The van der Waals surface area contributed by atoms with Gasteiger partial charge in [0.2, 0.25) is 0 Å². The number of fused-ring (bicyclic) bond motifs is 3. The Morgan fingerprint density at radius 1 is 1.14 bits per heavy atom. The predicted molar refractivity (Wildman–Crippen MR) is 83.0 cm³/mol. The number of rotatable bonds is 1. The molecule has 108 valence electrons. The summed E-state index contributed by atoms with van der Waals surface area (Å²) < 4.78 is 14.2. The number of aromatic amines is 1. The molecule has 0 spiro atoms. The van der Waals surface area contributed by atoms with Crippen molar-refractivity contribution in [3.8, 4) is 11.3 Å². The first-order valence-electron chi connectivity index (χ1n) is 6.53. The molecule has 0 saturated heterocycles. The van der Waals surface area contributed by atoms with Crippen LogP contribution in [0.25, 0.3) is 11.3 Å². The molecule has 0 amide bonds. The first-order chi connectivity index (χ1) is 10.7. The third kappa shape index (κ3) is 1.96. The van der Waals surface area contributed by atoms with E-state index in [4.69, 9.17) is 11.6 Å². The smallest absolute Gasteiger partial charge is 0.163 e. The minimum Gasteiger partial charge on any atom is -0.336 e. The molecule has 0 saturated carbocycles. The van der Waals surface area contributed by atoms with E-state index in [2.05, 4.69) is 25.5 Å². The number of aliphatic imine (C=N–C) groups is 1. The molecular weight excluding hydrogens is 305 g/mol. The minimum absolute atomic E-state index is 0.204. The molecule has 3 aromatic rings. The topological polar surface area (TPSA) is 66.0 Å². The van der Waals surface area contributed by atoms with Crippen LogP contribution in [0.15, 0.2) is 47.7 Å². The van der Waals surface area contributed by atoms with Crippen molar-refractivity contribution < 1.29 is 4.39 Å². The summed E-state index contributed by atoms with van der Waals surface area (Å²) in [6.45, 7) is 0. The summed E-state index contributed by atoms with van der Waals surface area (Å²) in [6.07, 6.45) is 3.24. The zero-order valence-electron chi connectivity index (χ0n) is 11.1. The zero-order chi connectivity index (χ0) is 15.1. The van der Waals surface area contributed by atoms with Gasteiger partial charge in [-0.25, -0.2) is 14.4 Å². The van der Waals surface area contributed by atoms with Crippen LogP contribution < -0.4 is 5.32 Å². The van der Waals surface area contributed by atoms with Crippen molar-refractivity contribution in [3.63, 3.8) is 0 Å². The van der Waals surface area contributed by atoms with Crippen molar-refractivity contribution in [3.05, 3.63) is 59.1 Å². The second-order valence-electron chi connectivity index (χ2n) is 4.72. The molecule has 0 aliphatic carbocycles. The molecule has 7 heteroatoms. The summed E-state index contributed by atoms with van der Waals surface area (Å²) in [5.41, 5.74) is 2.42. The number of halogens is 2. The fourth-order valence-electron chi connectivity index (χ4n) is 2.37. The summed E-state index contributed by atoms with van der Waals surface area (Å²) in [5.74, 6) is 0.304. The second-order valence-corrected chi connectivity index (χ2v) is 5.12. The summed E-state index contributed by atoms with van der Waals surface area (Å²) in [6, 6.07) is 8.18. The number of benzene rings is 1. The lowest BCUT2D eigenvalue weighted by molar-refractivity contribution is 0.625. The highest BCUT2D eigenvalue weighted by Gasteiger charge is 2.22. The van der Waals surface area contributed by atoms with Crippen LogP contribution in [0.2, 0.25) is 5.02 Å². The van der Waals surface area contributed by atoms with Gasteiger partial charge in [0.15, 0.2) is 5.82 Å². The van der Waals surface area contributed by atoms with E-state index in [-0.39, 0.29) is 10.6 Å². The maximum absolute atomic E-state index is 14.2. The van der Waals surface area contributed by atoms with Crippen LogP contribution in [-0.4, -0.2) is 21.0 Å². The quantitative estimate of drug-likeness (QED) is 0.718. The number of pyridine rings is 1. The number of anilines is 1. The van der Waals surface area contributed by atoms with Crippen molar-refractivity contribution >= 4 is 28.9 Å². The van der Waals surface area contributed by atoms with Crippen molar-refractivity contribution in [2.24, 2.45) is 4.99 Å². The maximum Gasteiger partial charge on any atom is 0.163 e. The molecular formula is C15H9ClFN5. The van der Waals surface area contributed by atoms with Crippen molar-refractivity contribution in [1.82, 2.24) is 15.2 Å². The molecule has 3 heterocycles. The molecule has 1 aliphatic rings. The molecule has 4 rings (SSSR count). The minimum atomic E-state index is -0.455. The van der Waals surface area contributed by atoms with Crippen molar-refractivity contribution in [2.45, 2.75) is 0 Å². The van der Waals surface area contributed by atoms with Gasteiger partial charge < -0.3 is 5.32 Å². The van der Waals surface area contributed by atoms with Crippen LogP contribution in [0.3, 0.4) is 0 Å². The highest BCUT2D eigenvalue weighted by molar-refractivity contribution is 6.35. The van der Waals surface area contributed by atoms with E-state index in [1.165, 1.54) is 6.07 Å². The van der Waals surface area contributed by atoms with Gasteiger partial charge >= 0.3 is 0 Å². The van der Waals surface area contributed by atoms with Crippen LogP contribution in [0.5, 0.6) is 0 Å². The number of aromatic nitrogens is 3. The number of hydrogen-bond acceptors (Lipinski definition) is 4. The normalized spacial score (nSPS) is 12.7. The number of hydrogen-bond donors (Lipinski definition) is 2. The van der Waals surface area contributed by atoms with Gasteiger partial charge in [0, 0.05) is 11.8 Å². The van der Waals surface area contributed by atoms with Crippen LogP contribution >= 0.6 is 11.6 Å². The van der Waals surface area contributed by atoms with Gasteiger partial charge in [-0.3, -0.25) is 5.10 Å². The second kappa shape index (κ2) is 4.92. The van der Waals surface area contributed by atoms with Crippen molar-refractivity contribution in [1.29, 1.82) is 0 Å². The highest BCUT2D eigenvalue weighted by atomic mass is 35.5. The molecule has 5 nitrogen and oxygen atoms in total. The average Bonchev–Trinajstić information content (AvgIpc) is 2.90. The lowest BCUT2D eigenvalue weighted by Crippen LogP contribution is -2.15. The van der Waals surface area contributed by atoms with E-state index < -0.39 is 5.82 Å². The Balaban J connectivity index is 1.99. The number of H-pyrrole nitrogens is 1. The Hall–Kier alpha value is -2.73. The van der Waals surface area contributed by atoms with Gasteiger partial charge in [0.25, 0.3) is 0 Å². The molecule has 0 bridgehead atoms. The molecule has 2 N–H and O–H groups in total. The number of amidine groups is 1. The SMILES string of the molecule is Fc1cccc(Cl)c1C1=Nc2ncccc2-c2[nH]ncc2N1. The fraction of sp³-hybridized carbons (Fsp3) is 0. The maximum atomic E-state index is 14.2. The van der Waals surface area contributed by atoms with Crippen LogP contribution in [0, 0.1) is 5.82 Å². The summed E-state index contributed by atoms with van der Waals surface area (Å²) >= 11 is 6.14. The van der Waals surface area contributed by atoms with Gasteiger partial charge in [-0.2, -0.15) is 5.10 Å². The van der Waals surface area contributed by atoms with Gasteiger partial charge in [-0.1, -0.05) is 17.7 Å². The lowest BCUT2D eigenvalue weighted by atomic mass is 10.1. The molecule has 1 aromatic carbocycles.